The topological polar surface area (TPSA) is 27.0 Å². The van der Waals surface area contributed by atoms with Crippen LogP contribution in [0.15, 0.2) is 52.8 Å². The first kappa shape index (κ1) is 17.6. The van der Waals surface area contributed by atoms with E-state index in [0.717, 1.165) is 25.1 Å². The van der Waals surface area contributed by atoms with Gasteiger partial charge >= 0.3 is 0 Å². The number of hydrogen-bond acceptors (Lipinski definition) is 3. The van der Waals surface area contributed by atoms with Gasteiger partial charge in [-0.2, -0.15) is 5.26 Å². The van der Waals surface area contributed by atoms with E-state index in [1.807, 2.05) is 35.7 Å². The average Bonchev–Trinajstić information content (AvgIpc) is 2.53. The molecule has 21 heavy (non-hydrogen) atoms. The average molecular weight is 300 g/mol. The molecule has 1 rings (SSSR count). The monoisotopic (exact) mass is 300 g/mol. The van der Waals surface area contributed by atoms with Gasteiger partial charge in [0.15, 0.2) is 0 Å². The zero-order chi connectivity index (χ0) is 15.7. The molecule has 0 aliphatic carbocycles. The van der Waals surface area contributed by atoms with E-state index in [2.05, 4.69) is 38.3 Å². The van der Waals surface area contributed by atoms with E-state index in [-0.39, 0.29) is 6.04 Å². The van der Waals surface area contributed by atoms with Crippen molar-refractivity contribution in [3.63, 3.8) is 0 Å². The summed E-state index contributed by atoms with van der Waals surface area (Å²) in [6.45, 7) is 11.9. The van der Waals surface area contributed by atoms with Crippen LogP contribution in [0.5, 0.6) is 0 Å². The lowest BCUT2D eigenvalue weighted by molar-refractivity contribution is 0.270. The number of benzene rings is 1. The zero-order valence-corrected chi connectivity index (χ0v) is 14.0. The Bertz CT molecular complexity index is 514. The summed E-state index contributed by atoms with van der Waals surface area (Å²) < 4.78 is 0. The van der Waals surface area contributed by atoms with E-state index in [0.29, 0.717) is 0 Å². The van der Waals surface area contributed by atoms with Crippen molar-refractivity contribution in [3.8, 4) is 6.07 Å². The van der Waals surface area contributed by atoms with Gasteiger partial charge in [-0.25, -0.2) is 0 Å². The Kier molecular flexibility index (Phi) is 7.89. The minimum absolute atomic E-state index is 0.196. The summed E-state index contributed by atoms with van der Waals surface area (Å²) in [4.78, 5) is 3.55. The van der Waals surface area contributed by atoms with E-state index >= 15 is 0 Å². The van der Waals surface area contributed by atoms with Crippen molar-refractivity contribution < 1.29 is 0 Å². The first-order valence-corrected chi connectivity index (χ1v) is 8.20. The van der Waals surface area contributed by atoms with Crippen LogP contribution in [-0.4, -0.2) is 18.0 Å². The van der Waals surface area contributed by atoms with E-state index in [1.165, 1.54) is 10.5 Å². The summed E-state index contributed by atoms with van der Waals surface area (Å²) >= 11 is 1.69. The lowest BCUT2D eigenvalue weighted by Crippen LogP contribution is -2.29. The molecule has 0 unspecified atom stereocenters. The quantitative estimate of drug-likeness (QED) is 0.665. The minimum atomic E-state index is -0.196. The van der Waals surface area contributed by atoms with E-state index in [1.54, 1.807) is 11.8 Å². The fourth-order valence-electron chi connectivity index (χ4n) is 2.37. The molecule has 0 heterocycles. The predicted octanol–water partition coefficient (Wildman–Crippen LogP) is 5.13. The third kappa shape index (κ3) is 5.08. The molecule has 0 radical (unpaired) electrons. The predicted molar refractivity (Wildman–Crippen MR) is 92.8 cm³/mol. The maximum atomic E-state index is 9.56. The molecule has 0 amide bonds. The second kappa shape index (κ2) is 9.44. The molecule has 0 saturated heterocycles. The Hall–Kier alpha value is -1.50. The molecular weight excluding hydrogens is 276 g/mol. The molecule has 2 nitrogen and oxygen atoms in total. The van der Waals surface area contributed by atoms with Gasteiger partial charge < -0.3 is 0 Å². The van der Waals surface area contributed by atoms with Crippen molar-refractivity contribution in [1.82, 2.24) is 4.90 Å². The molecule has 0 bridgehead atoms. The molecule has 0 fully saturated rings. The maximum Gasteiger partial charge on any atom is 0.124 e. The molecule has 0 spiro atoms. The maximum absolute atomic E-state index is 9.56. The van der Waals surface area contributed by atoms with Crippen LogP contribution in [0.2, 0.25) is 0 Å². The minimum Gasteiger partial charge on any atom is -0.281 e. The summed E-state index contributed by atoms with van der Waals surface area (Å²) in [6.07, 6.45) is 1.00. The molecule has 1 atom stereocenters. The van der Waals surface area contributed by atoms with Gasteiger partial charge in [-0.15, -0.1) is 11.8 Å². The molecular formula is C18H24N2S. The van der Waals surface area contributed by atoms with Gasteiger partial charge in [0.05, 0.1) is 6.07 Å². The van der Waals surface area contributed by atoms with Crippen LogP contribution in [0.3, 0.4) is 0 Å². The molecule has 1 aromatic carbocycles. The summed E-state index contributed by atoms with van der Waals surface area (Å²) in [5.41, 5.74) is 2.38. The SMILES string of the molecule is C=CS/C(CC)=C(\C)CN(CC)[C@@H](C#N)c1ccccc1. The smallest absolute Gasteiger partial charge is 0.124 e. The highest BCUT2D eigenvalue weighted by Gasteiger charge is 2.19. The number of thioether (sulfide) groups is 1. The Morgan fingerprint density at radius 3 is 2.52 bits per heavy atom. The summed E-state index contributed by atoms with van der Waals surface area (Å²) in [6, 6.07) is 12.2. The van der Waals surface area contributed by atoms with Crippen LogP contribution in [0.4, 0.5) is 0 Å². The molecule has 0 saturated carbocycles. The van der Waals surface area contributed by atoms with Crippen LogP contribution in [0.1, 0.15) is 38.8 Å². The number of nitrogens with zero attached hydrogens (tertiary/aromatic N) is 2. The van der Waals surface area contributed by atoms with Gasteiger partial charge in [-0.3, -0.25) is 4.90 Å². The van der Waals surface area contributed by atoms with Crippen LogP contribution < -0.4 is 0 Å². The molecule has 1 aromatic rings. The fraction of sp³-hybridized carbons (Fsp3) is 0.389. The van der Waals surface area contributed by atoms with Crippen LogP contribution >= 0.6 is 11.8 Å². The number of rotatable bonds is 8. The van der Waals surface area contributed by atoms with Gasteiger partial charge in [0.1, 0.15) is 6.04 Å². The molecule has 0 N–H and O–H groups in total. The molecule has 0 aliphatic heterocycles. The molecule has 112 valence electrons. The lowest BCUT2D eigenvalue weighted by atomic mass is 10.1. The van der Waals surface area contributed by atoms with Crippen LogP contribution in [0.25, 0.3) is 0 Å². The van der Waals surface area contributed by atoms with E-state index < -0.39 is 0 Å². The van der Waals surface area contributed by atoms with Crippen molar-refractivity contribution in [1.29, 1.82) is 5.26 Å². The Morgan fingerprint density at radius 2 is 2.05 bits per heavy atom. The number of allylic oxidation sites excluding steroid dienone is 1. The highest BCUT2D eigenvalue weighted by molar-refractivity contribution is 8.05. The Labute approximate surface area is 133 Å². The number of nitriles is 1. The van der Waals surface area contributed by atoms with Crippen LogP contribution in [0, 0.1) is 11.3 Å². The standard InChI is InChI=1S/C18H24N2S/c1-5-18(21-7-3)15(4)14-20(6-2)17(13-19)16-11-9-8-10-12-16/h7-12,17H,3,5-6,14H2,1-2,4H3/b18-15+/t17-/m0/s1. The molecule has 0 aliphatic rings. The largest absolute Gasteiger partial charge is 0.281 e. The van der Waals surface area contributed by atoms with Crippen molar-refractivity contribution in [2.45, 2.75) is 33.2 Å². The lowest BCUT2D eigenvalue weighted by Gasteiger charge is -2.27. The van der Waals surface area contributed by atoms with E-state index in [9.17, 15) is 5.26 Å². The third-order valence-electron chi connectivity index (χ3n) is 3.47. The Balaban J connectivity index is 2.96. The summed E-state index contributed by atoms with van der Waals surface area (Å²) in [5, 5.41) is 11.4. The first-order chi connectivity index (χ1) is 10.2. The fourth-order valence-corrected chi connectivity index (χ4v) is 3.00. The van der Waals surface area contributed by atoms with Gasteiger partial charge in [0, 0.05) is 6.54 Å². The van der Waals surface area contributed by atoms with Crippen molar-refractivity contribution in [2.24, 2.45) is 0 Å². The highest BCUT2D eigenvalue weighted by atomic mass is 32.2. The van der Waals surface area contributed by atoms with Crippen molar-refractivity contribution in [2.75, 3.05) is 13.1 Å². The number of likely N-dealkylation sites (N-methyl/N-ethyl adjacent to an activating group) is 1. The first-order valence-electron chi connectivity index (χ1n) is 7.32. The van der Waals surface area contributed by atoms with Gasteiger partial charge in [0.25, 0.3) is 0 Å². The Morgan fingerprint density at radius 1 is 1.38 bits per heavy atom. The van der Waals surface area contributed by atoms with Gasteiger partial charge in [-0.05, 0) is 41.3 Å². The molecule has 0 aromatic heterocycles. The van der Waals surface area contributed by atoms with Crippen molar-refractivity contribution >= 4 is 11.8 Å². The van der Waals surface area contributed by atoms with Gasteiger partial charge in [0.2, 0.25) is 0 Å². The summed E-state index contributed by atoms with van der Waals surface area (Å²) in [7, 11) is 0. The third-order valence-corrected chi connectivity index (χ3v) is 4.56. The van der Waals surface area contributed by atoms with Crippen molar-refractivity contribution in [3.05, 3.63) is 58.4 Å². The van der Waals surface area contributed by atoms with Gasteiger partial charge in [-0.1, -0.05) is 50.8 Å². The normalized spacial score (nSPS) is 13.5. The second-order valence-electron chi connectivity index (χ2n) is 4.85. The van der Waals surface area contributed by atoms with E-state index in [4.69, 9.17) is 0 Å². The summed E-state index contributed by atoms with van der Waals surface area (Å²) in [5.74, 6) is 0. The highest BCUT2D eigenvalue weighted by Crippen LogP contribution is 2.27. The second-order valence-corrected chi connectivity index (χ2v) is 5.91. The van der Waals surface area contributed by atoms with Crippen LogP contribution in [-0.2, 0) is 0 Å². The zero-order valence-electron chi connectivity index (χ0n) is 13.2. The molecule has 3 heteroatoms. The number of hydrogen-bond donors (Lipinski definition) is 0.